The van der Waals surface area contributed by atoms with Gasteiger partial charge in [-0.05, 0) is 25.5 Å². The van der Waals surface area contributed by atoms with Crippen molar-refractivity contribution in [1.29, 1.82) is 0 Å². The molecule has 1 unspecified atom stereocenters. The Kier molecular flexibility index (Phi) is 4.91. The number of nitrogens with one attached hydrogen (secondary N) is 1. The van der Waals surface area contributed by atoms with Gasteiger partial charge in [-0.2, -0.15) is 13.2 Å². The number of benzene rings is 1. The van der Waals surface area contributed by atoms with E-state index in [1.54, 1.807) is 6.92 Å². The second-order valence-corrected chi connectivity index (χ2v) is 4.32. The minimum atomic E-state index is -4.76. The summed E-state index contributed by atoms with van der Waals surface area (Å²) in [5, 5.41) is 2.37. The Balaban J connectivity index is 3.09. The van der Waals surface area contributed by atoms with Crippen LogP contribution in [0.2, 0.25) is 0 Å². The fourth-order valence-electron chi connectivity index (χ4n) is 1.79. The van der Waals surface area contributed by atoms with Crippen LogP contribution in [0, 0.1) is 5.82 Å². The fourth-order valence-corrected chi connectivity index (χ4v) is 1.79. The summed E-state index contributed by atoms with van der Waals surface area (Å²) in [6, 6.07) is 2.17. The number of carbonyl (C=O) groups is 1. The summed E-state index contributed by atoms with van der Waals surface area (Å²) in [4.78, 5) is 11.8. The number of rotatable bonds is 4. The van der Waals surface area contributed by atoms with Crippen molar-refractivity contribution in [3.63, 3.8) is 0 Å². The standard InChI is InChI=1S/C13H15F4NO/c1-3-5-8(2)18-12(19)11-9(13(15,16)17)6-4-7-10(11)14/h4,6-8H,3,5H2,1-2H3,(H,18,19). The lowest BCUT2D eigenvalue weighted by Gasteiger charge is -2.16. The predicted molar refractivity (Wildman–Crippen MR) is 63.2 cm³/mol. The van der Waals surface area contributed by atoms with Crippen molar-refractivity contribution in [2.45, 2.75) is 38.9 Å². The van der Waals surface area contributed by atoms with Gasteiger partial charge >= 0.3 is 6.18 Å². The molecule has 0 bridgehead atoms. The van der Waals surface area contributed by atoms with Gasteiger partial charge in [0.2, 0.25) is 0 Å². The summed E-state index contributed by atoms with van der Waals surface area (Å²) in [5.41, 5.74) is -2.20. The highest BCUT2D eigenvalue weighted by atomic mass is 19.4. The molecule has 0 aliphatic rings. The average Bonchev–Trinajstić information content (AvgIpc) is 2.27. The van der Waals surface area contributed by atoms with Crippen LogP contribution in [0.1, 0.15) is 42.6 Å². The first-order valence-electron chi connectivity index (χ1n) is 5.94. The van der Waals surface area contributed by atoms with E-state index in [1.165, 1.54) is 0 Å². The SMILES string of the molecule is CCCC(C)NC(=O)c1c(F)cccc1C(F)(F)F. The topological polar surface area (TPSA) is 29.1 Å². The van der Waals surface area contributed by atoms with Crippen molar-refractivity contribution in [2.24, 2.45) is 0 Å². The molecule has 1 atom stereocenters. The number of hydrogen-bond acceptors (Lipinski definition) is 1. The van der Waals surface area contributed by atoms with E-state index < -0.39 is 29.0 Å². The first kappa shape index (κ1) is 15.5. The molecule has 0 aromatic heterocycles. The lowest BCUT2D eigenvalue weighted by Crippen LogP contribution is -2.34. The molecule has 0 saturated carbocycles. The predicted octanol–water partition coefficient (Wildman–Crippen LogP) is 3.76. The van der Waals surface area contributed by atoms with Crippen LogP contribution in [-0.4, -0.2) is 11.9 Å². The van der Waals surface area contributed by atoms with E-state index in [1.807, 2.05) is 6.92 Å². The van der Waals surface area contributed by atoms with Crippen molar-refractivity contribution in [3.05, 3.63) is 35.1 Å². The number of halogens is 4. The molecule has 19 heavy (non-hydrogen) atoms. The molecule has 1 aromatic rings. The average molecular weight is 277 g/mol. The zero-order valence-corrected chi connectivity index (χ0v) is 10.6. The van der Waals surface area contributed by atoms with Crippen molar-refractivity contribution in [3.8, 4) is 0 Å². The Morgan fingerprint density at radius 3 is 2.53 bits per heavy atom. The highest BCUT2D eigenvalue weighted by Gasteiger charge is 2.36. The maximum atomic E-state index is 13.5. The van der Waals surface area contributed by atoms with Gasteiger partial charge in [-0.1, -0.05) is 19.4 Å². The van der Waals surface area contributed by atoms with E-state index in [9.17, 15) is 22.4 Å². The van der Waals surface area contributed by atoms with Gasteiger partial charge in [0, 0.05) is 6.04 Å². The van der Waals surface area contributed by atoms with Crippen molar-refractivity contribution in [1.82, 2.24) is 5.32 Å². The van der Waals surface area contributed by atoms with Gasteiger partial charge in [-0.25, -0.2) is 4.39 Å². The van der Waals surface area contributed by atoms with Gasteiger partial charge in [0.15, 0.2) is 0 Å². The maximum Gasteiger partial charge on any atom is 0.417 e. The molecule has 6 heteroatoms. The van der Waals surface area contributed by atoms with Gasteiger partial charge in [-0.15, -0.1) is 0 Å². The largest absolute Gasteiger partial charge is 0.417 e. The molecular formula is C13H15F4NO. The van der Waals surface area contributed by atoms with Crippen LogP contribution in [0.4, 0.5) is 17.6 Å². The van der Waals surface area contributed by atoms with E-state index in [0.29, 0.717) is 12.5 Å². The van der Waals surface area contributed by atoms with E-state index in [0.717, 1.165) is 18.6 Å². The molecule has 0 fully saturated rings. The number of amides is 1. The molecule has 0 spiro atoms. The number of alkyl halides is 3. The van der Waals surface area contributed by atoms with Crippen molar-refractivity contribution in [2.75, 3.05) is 0 Å². The number of hydrogen-bond donors (Lipinski definition) is 1. The molecule has 1 amide bonds. The van der Waals surface area contributed by atoms with Crippen molar-refractivity contribution >= 4 is 5.91 Å². The van der Waals surface area contributed by atoms with Gasteiger partial charge in [0.25, 0.3) is 5.91 Å². The van der Waals surface area contributed by atoms with Gasteiger partial charge in [-0.3, -0.25) is 4.79 Å². The summed E-state index contributed by atoms with van der Waals surface area (Å²) in [7, 11) is 0. The smallest absolute Gasteiger partial charge is 0.349 e. The molecule has 0 aliphatic carbocycles. The van der Waals surface area contributed by atoms with Crippen LogP contribution in [0.3, 0.4) is 0 Å². The minimum absolute atomic E-state index is 0.307. The maximum absolute atomic E-state index is 13.5. The molecule has 2 nitrogen and oxygen atoms in total. The van der Waals surface area contributed by atoms with Crippen LogP contribution < -0.4 is 5.32 Å². The van der Waals surface area contributed by atoms with Crippen molar-refractivity contribution < 1.29 is 22.4 Å². The molecule has 0 saturated heterocycles. The zero-order valence-electron chi connectivity index (χ0n) is 10.6. The minimum Gasteiger partial charge on any atom is -0.349 e. The Morgan fingerprint density at radius 2 is 2.00 bits per heavy atom. The number of carbonyl (C=O) groups excluding carboxylic acids is 1. The molecule has 0 heterocycles. The third-order valence-electron chi connectivity index (χ3n) is 2.65. The Labute approximate surface area is 108 Å². The first-order valence-corrected chi connectivity index (χ1v) is 5.94. The molecule has 0 aliphatic heterocycles. The lowest BCUT2D eigenvalue weighted by molar-refractivity contribution is -0.138. The highest BCUT2D eigenvalue weighted by molar-refractivity contribution is 5.96. The third kappa shape index (κ3) is 3.94. The van der Waals surface area contributed by atoms with Crippen LogP contribution in [-0.2, 0) is 6.18 Å². The van der Waals surface area contributed by atoms with Gasteiger partial charge in [0.05, 0.1) is 11.1 Å². The summed E-state index contributed by atoms with van der Waals surface area (Å²) in [6.45, 7) is 3.54. The zero-order chi connectivity index (χ0) is 14.6. The summed E-state index contributed by atoms with van der Waals surface area (Å²) in [6.07, 6.45) is -3.38. The second kappa shape index (κ2) is 6.04. The lowest BCUT2D eigenvalue weighted by atomic mass is 10.0. The van der Waals surface area contributed by atoms with E-state index in [-0.39, 0.29) is 6.04 Å². The summed E-state index contributed by atoms with van der Waals surface area (Å²) in [5.74, 6) is -2.21. The summed E-state index contributed by atoms with van der Waals surface area (Å²) >= 11 is 0. The van der Waals surface area contributed by atoms with Crippen LogP contribution in [0.5, 0.6) is 0 Å². The normalized spacial score (nSPS) is 13.2. The molecule has 0 radical (unpaired) electrons. The highest BCUT2D eigenvalue weighted by Crippen LogP contribution is 2.33. The molecule has 106 valence electrons. The van der Waals surface area contributed by atoms with Crippen LogP contribution >= 0.6 is 0 Å². The fraction of sp³-hybridized carbons (Fsp3) is 0.462. The second-order valence-electron chi connectivity index (χ2n) is 4.32. The molecule has 1 rings (SSSR count). The Bertz CT molecular complexity index is 456. The van der Waals surface area contributed by atoms with Crippen LogP contribution in [0.15, 0.2) is 18.2 Å². The molecule has 1 aromatic carbocycles. The molecule has 1 N–H and O–H groups in total. The van der Waals surface area contributed by atoms with Crippen LogP contribution in [0.25, 0.3) is 0 Å². The third-order valence-corrected chi connectivity index (χ3v) is 2.65. The Hall–Kier alpha value is -1.59. The molecular weight excluding hydrogens is 262 g/mol. The summed E-state index contributed by atoms with van der Waals surface area (Å²) < 4.78 is 51.7. The first-order chi connectivity index (χ1) is 8.77. The van der Waals surface area contributed by atoms with Gasteiger partial charge in [0.1, 0.15) is 5.82 Å². The Morgan fingerprint density at radius 1 is 1.37 bits per heavy atom. The quantitative estimate of drug-likeness (QED) is 0.834. The van der Waals surface area contributed by atoms with Gasteiger partial charge < -0.3 is 5.32 Å². The van der Waals surface area contributed by atoms with E-state index in [4.69, 9.17) is 0 Å². The van der Waals surface area contributed by atoms with E-state index >= 15 is 0 Å². The monoisotopic (exact) mass is 277 g/mol. The van der Waals surface area contributed by atoms with E-state index in [2.05, 4.69) is 5.32 Å².